The fraction of sp³-hybridized carbons (Fsp3) is 0.235. The third-order valence-electron chi connectivity index (χ3n) is 3.67. The number of anilines is 1. The number of benzene rings is 2. The fourth-order valence-electron chi connectivity index (χ4n) is 2.54. The molecule has 3 nitrogen and oxygen atoms in total. The van der Waals surface area contributed by atoms with Crippen LogP contribution >= 0.6 is 0 Å². The number of carbonyl (C=O) groups is 1. The summed E-state index contributed by atoms with van der Waals surface area (Å²) < 4.78 is 5.71. The van der Waals surface area contributed by atoms with E-state index in [4.69, 9.17) is 4.74 Å². The van der Waals surface area contributed by atoms with Crippen LogP contribution in [0.2, 0.25) is 0 Å². The van der Waals surface area contributed by atoms with Gasteiger partial charge in [0.1, 0.15) is 5.75 Å². The quantitative estimate of drug-likeness (QED) is 0.907. The van der Waals surface area contributed by atoms with E-state index in [0.29, 0.717) is 6.42 Å². The number of hydrogen-bond acceptors (Lipinski definition) is 2. The van der Waals surface area contributed by atoms with Gasteiger partial charge in [-0.3, -0.25) is 4.79 Å². The number of fused-ring (bicyclic) bond motifs is 1. The number of aryl methyl sites for hydroxylation is 2. The van der Waals surface area contributed by atoms with Crippen LogP contribution in [-0.2, 0) is 11.2 Å². The van der Waals surface area contributed by atoms with Crippen molar-refractivity contribution in [2.75, 3.05) is 5.32 Å². The molecule has 2 aromatic carbocycles. The molecule has 1 N–H and O–H groups in total. The van der Waals surface area contributed by atoms with Crippen LogP contribution in [0.1, 0.15) is 16.7 Å². The highest BCUT2D eigenvalue weighted by Crippen LogP contribution is 2.29. The standard InChI is InChI=1S/C17H17NO2/c1-11-6-5-7-12(2)16(11)18-17(19)15-10-13-8-3-4-9-14(13)20-15/h3-9,15H,10H2,1-2H3,(H,18,19)/t15-/m1/s1. The molecule has 0 bridgehead atoms. The molecule has 1 aliphatic heterocycles. The van der Waals surface area contributed by atoms with Gasteiger partial charge in [0.2, 0.25) is 0 Å². The molecule has 1 aliphatic rings. The van der Waals surface area contributed by atoms with Crippen LogP contribution < -0.4 is 10.1 Å². The van der Waals surface area contributed by atoms with E-state index in [1.807, 2.05) is 56.3 Å². The second kappa shape index (κ2) is 5.00. The Kier molecular flexibility index (Phi) is 3.18. The van der Waals surface area contributed by atoms with Gasteiger partial charge in [-0.05, 0) is 36.6 Å². The van der Waals surface area contributed by atoms with Crippen molar-refractivity contribution in [2.45, 2.75) is 26.4 Å². The third-order valence-corrected chi connectivity index (χ3v) is 3.67. The molecule has 1 atom stereocenters. The first-order valence-corrected chi connectivity index (χ1v) is 6.77. The van der Waals surface area contributed by atoms with Gasteiger partial charge in [0.15, 0.2) is 6.10 Å². The van der Waals surface area contributed by atoms with E-state index in [2.05, 4.69) is 5.32 Å². The van der Waals surface area contributed by atoms with Gasteiger partial charge in [0, 0.05) is 12.1 Å². The average molecular weight is 267 g/mol. The van der Waals surface area contributed by atoms with Crippen LogP contribution in [0.25, 0.3) is 0 Å². The Labute approximate surface area is 118 Å². The van der Waals surface area contributed by atoms with E-state index in [1.165, 1.54) is 0 Å². The lowest BCUT2D eigenvalue weighted by atomic mass is 10.1. The number of nitrogens with one attached hydrogen (secondary N) is 1. The van der Waals surface area contributed by atoms with Crippen molar-refractivity contribution in [1.82, 2.24) is 0 Å². The van der Waals surface area contributed by atoms with Crippen LogP contribution in [0.15, 0.2) is 42.5 Å². The van der Waals surface area contributed by atoms with Gasteiger partial charge in [0.25, 0.3) is 5.91 Å². The van der Waals surface area contributed by atoms with Crippen molar-refractivity contribution in [3.63, 3.8) is 0 Å². The van der Waals surface area contributed by atoms with Crippen molar-refractivity contribution < 1.29 is 9.53 Å². The van der Waals surface area contributed by atoms with Gasteiger partial charge >= 0.3 is 0 Å². The molecular weight excluding hydrogens is 250 g/mol. The molecule has 0 saturated carbocycles. The molecule has 0 radical (unpaired) electrons. The van der Waals surface area contributed by atoms with Gasteiger partial charge in [-0.25, -0.2) is 0 Å². The van der Waals surface area contributed by atoms with E-state index in [-0.39, 0.29) is 5.91 Å². The normalized spacial score (nSPS) is 16.4. The number of ether oxygens (including phenoxy) is 1. The summed E-state index contributed by atoms with van der Waals surface area (Å²) in [7, 11) is 0. The zero-order chi connectivity index (χ0) is 14.1. The molecule has 0 spiro atoms. The number of hydrogen-bond donors (Lipinski definition) is 1. The van der Waals surface area contributed by atoms with Gasteiger partial charge in [-0.2, -0.15) is 0 Å². The van der Waals surface area contributed by atoms with Gasteiger partial charge in [-0.1, -0.05) is 36.4 Å². The van der Waals surface area contributed by atoms with Crippen LogP contribution in [0, 0.1) is 13.8 Å². The number of amides is 1. The summed E-state index contributed by atoms with van der Waals surface area (Å²) >= 11 is 0. The molecule has 0 fully saturated rings. The monoisotopic (exact) mass is 267 g/mol. The van der Waals surface area contributed by atoms with Crippen LogP contribution in [0.5, 0.6) is 5.75 Å². The number of rotatable bonds is 2. The van der Waals surface area contributed by atoms with Crippen molar-refractivity contribution in [1.29, 1.82) is 0 Å². The summed E-state index contributed by atoms with van der Waals surface area (Å²) in [4.78, 5) is 12.4. The van der Waals surface area contributed by atoms with Crippen LogP contribution in [0.4, 0.5) is 5.69 Å². The minimum absolute atomic E-state index is 0.0846. The lowest BCUT2D eigenvalue weighted by Gasteiger charge is -2.15. The molecular formula is C17H17NO2. The molecule has 20 heavy (non-hydrogen) atoms. The predicted molar refractivity (Wildman–Crippen MR) is 79.1 cm³/mol. The van der Waals surface area contributed by atoms with E-state index in [0.717, 1.165) is 28.1 Å². The zero-order valence-corrected chi connectivity index (χ0v) is 11.6. The Balaban J connectivity index is 1.76. The summed E-state index contributed by atoms with van der Waals surface area (Å²) in [6, 6.07) is 13.8. The first-order valence-electron chi connectivity index (χ1n) is 6.77. The smallest absolute Gasteiger partial charge is 0.265 e. The first-order chi connectivity index (χ1) is 9.65. The maximum atomic E-state index is 12.4. The maximum absolute atomic E-state index is 12.4. The highest BCUT2D eigenvalue weighted by molar-refractivity contribution is 5.96. The van der Waals surface area contributed by atoms with Crippen molar-refractivity contribution in [2.24, 2.45) is 0 Å². The second-order valence-corrected chi connectivity index (χ2v) is 5.17. The molecule has 102 valence electrons. The molecule has 2 aromatic rings. The fourth-order valence-corrected chi connectivity index (χ4v) is 2.54. The van der Waals surface area contributed by atoms with Crippen LogP contribution in [0.3, 0.4) is 0 Å². The van der Waals surface area contributed by atoms with Crippen molar-refractivity contribution >= 4 is 11.6 Å². The Morgan fingerprint density at radius 3 is 2.50 bits per heavy atom. The van der Waals surface area contributed by atoms with Crippen molar-refractivity contribution in [3.8, 4) is 5.75 Å². The Hall–Kier alpha value is -2.29. The molecule has 1 heterocycles. The molecule has 3 rings (SSSR count). The molecule has 0 saturated heterocycles. The summed E-state index contributed by atoms with van der Waals surface area (Å²) in [5, 5.41) is 2.99. The molecule has 0 aliphatic carbocycles. The topological polar surface area (TPSA) is 38.3 Å². The molecule has 3 heteroatoms. The largest absolute Gasteiger partial charge is 0.480 e. The first kappa shape index (κ1) is 12.7. The minimum Gasteiger partial charge on any atom is -0.480 e. The van der Waals surface area contributed by atoms with E-state index < -0.39 is 6.10 Å². The Morgan fingerprint density at radius 1 is 1.10 bits per heavy atom. The summed E-state index contributed by atoms with van der Waals surface area (Å²) in [6.45, 7) is 3.99. The SMILES string of the molecule is Cc1cccc(C)c1NC(=O)[C@H]1Cc2ccccc2O1. The third kappa shape index (κ3) is 2.27. The minimum atomic E-state index is -0.439. The average Bonchev–Trinajstić information content (AvgIpc) is 2.87. The highest BCUT2D eigenvalue weighted by atomic mass is 16.5. The van der Waals surface area contributed by atoms with E-state index in [9.17, 15) is 4.79 Å². The maximum Gasteiger partial charge on any atom is 0.265 e. The van der Waals surface area contributed by atoms with Gasteiger partial charge < -0.3 is 10.1 Å². The van der Waals surface area contributed by atoms with Crippen molar-refractivity contribution in [3.05, 3.63) is 59.2 Å². The summed E-state index contributed by atoms with van der Waals surface area (Å²) in [6.07, 6.45) is 0.193. The van der Waals surface area contributed by atoms with Crippen LogP contribution in [-0.4, -0.2) is 12.0 Å². The summed E-state index contributed by atoms with van der Waals surface area (Å²) in [5.41, 5.74) is 4.11. The molecule has 1 amide bonds. The Bertz CT molecular complexity index is 619. The lowest BCUT2D eigenvalue weighted by molar-refractivity contribution is -0.122. The summed E-state index contributed by atoms with van der Waals surface area (Å²) in [5.74, 6) is 0.729. The van der Waals surface area contributed by atoms with Gasteiger partial charge in [0.05, 0.1) is 0 Å². The van der Waals surface area contributed by atoms with E-state index in [1.54, 1.807) is 0 Å². The van der Waals surface area contributed by atoms with Gasteiger partial charge in [-0.15, -0.1) is 0 Å². The van der Waals surface area contributed by atoms with E-state index >= 15 is 0 Å². The predicted octanol–water partition coefficient (Wildman–Crippen LogP) is 3.25. The number of para-hydroxylation sites is 2. The highest BCUT2D eigenvalue weighted by Gasteiger charge is 2.29. The molecule has 0 unspecified atom stereocenters. The molecule has 0 aromatic heterocycles. The zero-order valence-electron chi connectivity index (χ0n) is 11.6. The second-order valence-electron chi connectivity index (χ2n) is 5.17. The Morgan fingerprint density at radius 2 is 1.80 bits per heavy atom. The lowest BCUT2D eigenvalue weighted by Crippen LogP contribution is -2.31. The number of carbonyl (C=O) groups excluding carboxylic acids is 1.